The molecule has 0 aliphatic carbocycles. The van der Waals surface area contributed by atoms with Crippen molar-refractivity contribution < 1.29 is 4.74 Å². The van der Waals surface area contributed by atoms with Crippen LogP contribution in [-0.2, 0) is 6.54 Å². The van der Waals surface area contributed by atoms with Crippen molar-refractivity contribution in [2.45, 2.75) is 44.8 Å². The van der Waals surface area contributed by atoms with Crippen molar-refractivity contribution in [2.75, 3.05) is 13.7 Å². The van der Waals surface area contributed by atoms with Crippen molar-refractivity contribution in [3.05, 3.63) is 29.3 Å². The largest absolute Gasteiger partial charge is 0.495 e. The summed E-state index contributed by atoms with van der Waals surface area (Å²) >= 11 is 0. The van der Waals surface area contributed by atoms with Crippen LogP contribution in [0.25, 0.3) is 0 Å². The van der Waals surface area contributed by atoms with E-state index in [9.17, 15) is 0 Å². The van der Waals surface area contributed by atoms with Gasteiger partial charge in [-0.05, 0) is 37.5 Å². The van der Waals surface area contributed by atoms with Gasteiger partial charge in [-0.25, -0.2) is 0 Å². The van der Waals surface area contributed by atoms with Gasteiger partial charge in [-0.2, -0.15) is 5.26 Å². The minimum absolute atomic E-state index is 0.459. The topological polar surface area (TPSA) is 62.3 Å². The molecule has 1 aliphatic heterocycles. The van der Waals surface area contributed by atoms with Crippen LogP contribution in [0.4, 0.5) is 0 Å². The molecule has 2 N–H and O–H groups in total. The van der Waals surface area contributed by atoms with Gasteiger partial charge in [0, 0.05) is 25.2 Å². The maximum absolute atomic E-state index is 9.03. The molecule has 0 bridgehead atoms. The third kappa shape index (κ3) is 3.12. The lowest BCUT2D eigenvalue weighted by Gasteiger charge is -2.40. The number of benzene rings is 1. The quantitative estimate of drug-likeness (QED) is 0.914. The number of piperidine rings is 1. The Kier molecular flexibility index (Phi) is 4.99. The first-order chi connectivity index (χ1) is 9.69. The molecular formula is C16H23N3O. The molecule has 1 heterocycles. The summed E-state index contributed by atoms with van der Waals surface area (Å²) in [6, 6.07) is 8.97. The van der Waals surface area contributed by atoms with E-state index in [1.807, 2.05) is 18.2 Å². The van der Waals surface area contributed by atoms with Gasteiger partial charge in [0.25, 0.3) is 0 Å². The van der Waals surface area contributed by atoms with Gasteiger partial charge in [-0.15, -0.1) is 0 Å². The molecule has 0 amide bonds. The second-order valence-corrected chi connectivity index (χ2v) is 5.49. The zero-order valence-corrected chi connectivity index (χ0v) is 12.3. The molecule has 1 fully saturated rings. The molecule has 0 radical (unpaired) electrons. The third-order valence-corrected chi connectivity index (χ3v) is 4.22. The Labute approximate surface area is 121 Å². The second kappa shape index (κ2) is 6.74. The molecule has 2 atom stereocenters. The van der Waals surface area contributed by atoms with E-state index in [0.717, 1.165) is 6.54 Å². The van der Waals surface area contributed by atoms with E-state index in [1.165, 1.54) is 24.8 Å². The minimum atomic E-state index is 0.459. The average molecular weight is 273 g/mol. The molecule has 4 nitrogen and oxygen atoms in total. The maximum atomic E-state index is 9.03. The number of nitrogens with zero attached hydrogens (tertiary/aromatic N) is 2. The van der Waals surface area contributed by atoms with Gasteiger partial charge in [0.1, 0.15) is 11.8 Å². The SMILES string of the molecule is COc1cc(CN2C(C)CCCC2CN)ccc1C#N. The lowest BCUT2D eigenvalue weighted by molar-refractivity contribution is 0.0891. The number of methoxy groups -OCH3 is 1. The first kappa shape index (κ1) is 14.8. The summed E-state index contributed by atoms with van der Waals surface area (Å²) in [7, 11) is 1.60. The molecule has 2 rings (SSSR count). The highest BCUT2D eigenvalue weighted by atomic mass is 16.5. The minimum Gasteiger partial charge on any atom is -0.495 e. The van der Waals surface area contributed by atoms with E-state index >= 15 is 0 Å². The maximum Gasteiger partial charge on any atom is 0.136 e. The molecule has 4 heteroatoms. The summed E-state index contributed by atoms with van der Waals surface area (Å²) in [6.07, 6.45) is 3.66. The van der Waals surface area contributed by atoms with Crippen LogP contribution in [0.2, 0.25) is 0 Å². The summed E-state index contributed by atoms with van der Waals surface area (Å²) in [5.74, 6) is 0.652. The molecule has 0 spiro atoms. The van der Waals surface area contributed by atoms with Crippen LogP contribution in [0.15, 0.2) is 18.2 Å². The zero-order valence-electron chi connectivity index (χ0n) is 12.3. The number of nitriles is 1. The summed E-state index contributed by atoms with van der Waals surface area (Å²) in [5, 5.41) is 9.03. The van der Waals surface area contributed by atoms with Crippen LogP contribution < -0.4 is 10.5 Å². The fourth-order valence-electron chi connectivity index (χ4n) is 3.02. The van der Waals surface area contributed by atoms with E-state index in [1.54, 1.807) is 7.11 Å². The lowest BCUT2D eigenvalue weighted by atomic mass is 9.95. The van der Waals surface area contributed by atoms with Gasteiger partial charge >= 0.3 is 0 Å². The molecule has 1 saturated heterocycles. The number of likely N-dealkylation sites (tertiary alicyclic amines) is 1. The summed E-state index contributed by atoms with van der Waals surface area (Å²) < 4.78 is 5.28. The highest BCUT2D eigenvalue weighted by Gasteiger charge is 2.26. The first-order valence-electron chi connectivity index (χ1n) is 7.22. The Morgan fingerprint density at radius 2 is 2.25 bits per heavy atom. The number of ether oxygens (including phenoxy) is 1. The molecule has 20 heavy (non-hydrogen) atoms. The lowest BCUT2D eigenvalue weighted by Crippen LogP contribution is -2.48. The van der Waals surface area contributed by atoms with Crippen LogP contribution in [-0.4, -0.2) is 30.6 Å². The molecule has 2 unspecified atom stereocenters. The highest BCUT2D eigenvalue weighted by molar-refractivity contribution is 5.45. The van der Waals surface area contributed by atoms with Crippen LogP contribution in [0.1, 0.15) is 37.3 Å². The Balaban J connectivity index is 2.18. The Bertz CT molecular complexity index is 495. The number of nitrogens with two attached hydrogens (primary N) is 1. The van der Waals surface area contributed by atoms with Crippen LogP contribution in [0.3, 0.4) is 0 Å². The predicted molar refractivity (Wildman–Crippen MR) is 79.4 cm³/mol. The Morgan fingerprint density at radius 1 is 1.45 bits per heavy atom. The fourth-order valence-corrected chi connectivity index (χ4v) is 3.02. The zero-order chi connectivity index (χ0) is 14.5. The van der Waals surface area contributed by atoms with Gasteiger partial charge in [0.15, 0.2) is 0 Å². The van der Waals surface area contributed by atoms with Crippen LogP contribution in [0.5, 0.6) is 5.75 Å². The predicted octanol–water partition coefficient (Wildman–Crippen LogP) is 2.27. The highest BCUT2D eigenvalue weighted by Crippen LogP contribution is 2.26. The molecule has 108 valence electrons. The summed E-state index contributed by atoms with van der Waals surface area (Å²) in [5.41, 5.74) is 7.66. The van der Waals surface area contributed by atoms with Crippen molar-refractivity contribution in [1.82, 2.24) is 4.90 Å². The van der Waals surface area contributed by atoms with Crippen LogP contribution in [0, 0.1) is 11.3 Å². The average Bonchev–Trinajstić information content (AvgIpc) is 2.49. The number of hydrogen-bond donors (Lipinski definition) is 1. The standard InChI is InChI=1S/C16H23N3O/c1-12-4-3-5-15(10-18)19(12)11-13-6-7-14(9-17)16(8-13)20-2/h6-8,12,15H,3-5,10-11,18H2,1-2H3. The fraction of sp³-hybridized carbons (Fsp3) is 0.562. The van der Waals surface area contributed by atoms with Crippen molar-refractivity contribution in [3.8, 4) is 11.8 Å². The van der Waals surface area contributed by atoms with Gasteiger partial charge in [0.2, 0.25) is 0 Å². The van der Waals surface area contributed by atoms with Crippen molar-refractivity contribution in [2.24, 2.45) is 5.73 Å². The molecule has 0 saturated carbocycles. The number of hydrogen-bond acceptors (Lipinski definition) is 4. The first-order valence-corrected chi connectivity index (χ1v) is 7.22. The summed E-state index contributed by atoms with van der Waals surface area (Å²) in [4.78, 5) is 2.48. The van der Waals surface area contributed by atoms with E-state index in [0.29, 0.717) is 29.9 Å². The molecule has 1 aromatic rings. The Morgan fingerprint density at radius 3 is 2.90 bits per heavy atom. The van der Waals surface area contributed by atoms with Gasteiger partial charge < -0.3 is 10.5 Å². The van der Waals surface area contributed by atoms with E-state index < -0.39 is 0 Å². The summed E-state index contributed by atoms with van der Waals surface area (Å²) in [6.45, 7) is 3.84. The second-order valence-electron chi connectivity index (χ2n) is 5.49. The van der Waals surface area contributed by atoms with E-state index in [4.69, 9.17) is 15.7 Å². The molecule has 1 aliphatic rings. The Hall–Kier alpha value is -1.57. The van der Waals surface area contributed by atoms with Crippen molar-refractivity contribution in [3.63, 3.8) is 0 Å². The van der Waals surface area contributed by atoms with E-state index in [2.05, 4.69) is 17.9 Å². The van der Waals surface area contributed by atoms with Gasteiger partial charge in [-0.1, -0.05) is 12.5 Å². The smallest absolute Gasteiger partial charge is 0.136 e. The molecule has 1 aromatic carbocycles. The van der Waals surface area contributed by atoms with Crippen molar-refractivity contribution in [1.29, 1.82) is 5.26 Å². The number of rotatable bonds is 4. The van der Waals surface area contributed by atoms with E-state index in [-0.39, 0.29) is 0 Å². The van der Waals surface area contributed by atoms with Gasteiger partial charge in [0.05, 0.1) is 12.7 Å². The molecular weight excluding hydrogens is 250 g/mol. The van der Waals surface area contributed by atoms with Crippen LogP contribution >= 0.6 is 0 Å². The normalized spacial score (nSPS) is 23.3. The molecule has 0 aromatic heterocycles. The van der Waals surface area contributed by atoms with Crippen molar-refractivity contribution >= 4 is 0 Å². The monoisotopic (exact) mass is 273 g/mol. The third-order valence-electron chi connectivity index (χ3n) is 4.22. The van der Waals surface area contributed by atoms with Gasteiger partial charge in [-0.3, -0.25) is 4.90 Å².